The van der Waals surface area contributed by atoms with E-state index in [2.05, 4.69) is 10.5 Å². The van der Waals surface area contributed by atoms with E-state index in [1.165, 1.54) is 7.11 Å². The molecule has 0 fully saturated rings. The van der Waals surface area contributed by atoms with E-state index in [-0.39, 0.29) is 25.0 Å². The van der Waals surface area contributed by atoms with Crippen LogP contribution >= 0.6 is 0 Å². The lowest BCUT2D eigenvalue weighted by Crippen LogP contribution is -2.38. The summed E-state index contributed by atoms with van der Waals surface area (Å²) in [5.41, 5.74) is 2.74. The molecule has 2 aromatic rings. The summed E-state index contributed by atoms with van der Waals surface area (Å²) in [7, 11) is 1.45. The average molecular weight is 345 g/mol. The van der Waals surface area contributed by atoms with Gasteiger partial charge in [0.2, 0.25) is 5.91 Å². The lowest BCUT2D eigenvalue weighted by molar-refractivity contribution is -0.121. The number of aryl methyl sites for hydroxylation is 2. The maximum atomic E-state index is 12.4. The third kappa shape index (κ3) is 3.48. The van der Waals surface area contributed by atoms with Crippen LogP contribution in [0.15, 0.2) is 22.7 Å². The Balaban J connectivity index is 1.91. The van der Waals surface area contributed by atoms with Gasteiger partial charge in [-0.1, -0.05) is 5.16 Å². The number of rotatable bonds is 5. The Bertz CT molecular complexity index is 795. The Morgan fingerprint density at radius 2 is 2.20 bits per heavy atom. The molecule has 132 valence electrons. The van der Waals surface area contributed by atoms with E-state index in [1.54, 1.807) is 23.1 Å². The molecule has 1 aromatic heterocycles. The molecule has 1 aromatic carbocycles. The molecule has 0 radical (unpaired) electrons. The van der Waals surface area contributed by atoms with Gasteiger partial charge < -0.3 is 24.2 Å². The molecule has 0 spiro atoms. The summed E-state index contributed by atoms with van der Waals surface area (Å²) in [6.07, 6.45) is 0. The minimum Gasteiger partial charge on any atom is -0.482 e. The van der Waals surface area contributed by atoms with Crippen LogP contribution in [-0.2, 0) is 20.9 Å². The number of benzene rings is 1. The molecule has 0 atom stereocenters. The lowest BCUT2D eigenvalue weighted by atomic mass is 10.1. The zero-order chi connectivity index (χ0) is 18.0. The second-order valence-corrected chi connectivity index (χ2v) is 5.73. The van der Waals surface area contributed by atoms with Crippen molar-refractivity contribution in [1.29, 1.82) is 0 Å². The first-order valence-corrected chi connectivity index (χ1v) is 7.77. The van der Waals surface area contributed by atoms with Gasteiger partial charge in [-0.25, -0.2) is 0 Å². The molecule has 0 saturated carbocycles. The van der Waals surface area contributed by atoms with Crippen molar-refractivity contribution in [3.05, 3.63) is 35.2 Å². The Labute approximate surface area is 144 Å². The predicted molar refractivity (Wildman–Crippen MR) is 89.6 cm³/mol. The van der Waals surface area contributed by atoms with E-state index >= 15 is 0 Å². The summed E-state index contributed by atoms with van der Waals surface area (Å²) in [5.74, 6) is 0.801. The van der Waals surface area contributed by atoms with Crippen molar-refractivity contribution < 1.29 is 23.6 Å². The molecule has 8 heteroatoms. The molecular weight excluding hydrogens is 326 g/mol. The summed E-state index contributed by atoms with van der Waals surface area (Å²) in [4.78, 5) is 25.7. The highest BCUT2D eigenvalue weighted by Gasteiger charge is 2.28. The highest BCUT2D eigenvalue weighted by Crippen LogP contribution is 2.36. The van der Waals surface area contributed by atoms with Crippen LogP contribution in [0.4, 0.5) is 11.4 Å². The Morgan fingerprint density at radius 1 is 1.40 bits per heavy atom. The Morgan fingerprint density at radius 3 is 2.88 bits per heavy atom. The number of nitrogens with one attached hydrogen (secondary N) is 1. The molecular formula is C17H19N3O5. The molecule has 8 nitrogen and oxygen atoms in total. The number of fused-ring (bicyclic) bond motifs is 1. The van der Waals surface area contributed by atoms with Crippen molar-refractivity contribution in [3.8, 4) is 5.75 Å². The summed E-state index contributed by atoms with van der Waals surface area (Å²) in [5, 5.41) is 6.65. The molecule has 25 heavy (non-hydrogen) atoms. The van der Waals surface area contributed by atoms with Crippen molar-refractivity contribution in [3.63, 3.8) is 0 Å². The Kier molecular flexibility index (Phi) is 4.71. The van der Waals surface area contributed by atoms with E-state index in [9.17, 15) is 9.59 Å². The van der Waals surface area contributed by atoms with Crippen molar-refractivity contribution in [2.75, 3.05) is 30.5 Å². The summed E-state index contributed by atoms with van der Waals surface area (Å²) in [6, 6.07) is 5.15. The zero-order valence-electron chi connectivity index (χ0n) is 14.3. The fraction of sp³-hybridized carbons (Fsp3) is 0.353. The number of hydrogen-bond donors (Lipinski definition) is 1. The highest BCUT2D eigenvalue weighted by atomic mass is 16.5. The van der Waals surface area contributed by atoms with Crippen LogP contribution in [0.25, 0.3) is 0 Å². The van der Waals surface area contributed by atoms with E-state index in [1.807, 2.05) is 13.8 Å². The molecule has 1 N–H and O–H groups in total. The highest BCUT2D eigenvalue weighted by molar-refractivity contribution is 5.99. The first kappa shape index (κ1) is 17.0. The van der Waals surface area contributed by atoms with Gasteiger partial charge in [0.25, 0.3) is 5.91 Å². The zero-order valence-corrected chi connectivity index (χ0v) is 14.3. The van der Waals surface area contributed by atoms with Crippen molar-refractivity contribution in [2.45, 2.75) is 20.4 Å². The van der Waals surface area contributed by atoms with E-state index < -0.39 is 0 Å². The molecule has 0 unspecified atom stereocenters. The summed E-state index contributed by atoms with van der Waals surface area (Å²) < 4.78 is 15.5. The van der Waals surface area contributed by atoms with Crippen LogP contribution < -0.4 is 15.0 Å². The first-order valence-electron chi connectivity index (χ1n) is 7.77. The first-order chi connectivity index (χ1) is 12.0. The number of ether oxygens (including phenoxy) is 2. The summed E-state index contributed by atoms with van der Waals surface area (Å²) in [6.45, 7) is 3.88. The van der Waals surface area contributed by atoms with E-state index in [4.69, 9.17) is 14.0 Å². The van der Waals surface area contributed by atoms with Crippen molar-refractivity contribution in [1.82, 2.24) is 5.16 Å². The van der Waals surface area contributed by atoms with Gasteiger partial charge in [0.1, 0.15) is 18.1 Å². The number of carbonyl (C=O) groups excluding carboxylic acids is 2. The Hall–Kier alpha value is -2.87. The molecule has 0 aliphatic carbocycles. The largest absolute Gasteiger partial charge is 0.482 e. The quantitative estimate of drug-likeness (QED) is 0.888. The number of hydrogen-bond acceptors (Lipinski definition) is 6. The van der Waals surface area contributed by atoms with Gasteiger partial charge in [-0.05, 0) is 32.0 Å². The monoisotopic (exact) mass is 345 g/mol. The van der Waals surface area contributed by atoms with Crippen LogP contribution in [-0.4, -0.2) is 37.3 Å². The van der Waals surface area contributed by atoms with Gasteiger partial charge in [0.15, 0.2) is 6.61 Å². The van der Waals surface area contributed by atoms with Gasteiger partial charge in [-0.15, -0.1) is 0 Å². The maximum absolute atomic E-state index is 12.4. The van der Waals surface area contributed by atoms with Gasteiger partial charge in [0.05, 0.1) is 17.9 Å². The second kappa shape index (κ2) is 6.94. The fourth-order valence-corrected chi connectivity index (χ4v) is 2.67. The van der Waals surface area contributed by atoms with Crippen LogP contribution in [0, 0.1) is 13.8 Å². The van der Waals surface area contributed by atoms with Crippen LogP contribution in [0.5, 0.6) is 5.75 Å². The van der Waals surface area contributed by atoms with Gasteiger partial charge in [-0.2, -0.15) is 0 Å². The normalized spacial score (nSPS) is 13.4. The van der Waals surface area contributed by atoms with Crippen LogP contribution in [0.3, 0.4) is 0 Å². The molecule has 0 bridgehead atoms. The van der Waals surface area contributed by atoms with Gasteiger partial charge >= 0.3 is 0 Å². The van der Waals surface area contributed by atoms with Crippen LogP contribution in [0.2, 0.25) is 0 Å². The molecule has 1 aliphatic rings. The second-order valence-electron chi connectivity index (χ2n) is 5.73. The van der Waals surface area contributed by atoms with Gasteiger partial charge in [-0.3, -0.25) is 9.59 Å². The SMILES string of the molecule is COCC(=O)Nc1ccc2c(c1)N(Cc1c(C)noc1C)C(=O)CO2. The third-order valence-corrected chi connectivity index (χ3v) is 3.96. The molecule has 1 aliphatic heterocycles. The van der Waals surface area contributed by atoms with Crippen LogP contribution in [0.1, 0.15) is 17.0 Å². The standard InChI is InChI=1S/C17H19N3O5/c1-10-13(11(2)25-19-10)7-20-14-6-12(18-16(21)8-23-3)4-5-15(14)24-9-17(20)22/h4-6H,7-9H2,1-3H3,(H,18,21). The number of carbonyl (C=O) groups is 2. The number of anilines is 2. The predicted octanol–water partition coefficient (Wildman–Crippen LogP) is 1.80. The topological polar surface area (TPSA) is 93.9 Å². The maximum Gasteiger partial charge on any atom is 0.265 e. The number of nitrogens with zero attached hydrogens (tertiary/aromatic N) is 2. The molecule has 0 saturated heterocycles. The van der Waals surface area contributed by atoms with Crippen molar-refractivity contribution >= 4 is 23.2 Å². The molecule has 3 rings (SSSR count). The van der Waals surface area contributed by atoms with E-state index in [0.717, 1.165) is 11.3 Å². The minimum atomic E-state index is -0.275. The number of methoxy groups -OCH3 is 1. The van der Waals surface area contributed by atoms with E-state index in [0.29, 0.717) is 29.4 Å². The molecule has 2 heterocycles. The van der Waals surface area contributed by atoms with Crippen molar-refractivity contribution in [2.24, 2.45) is 0 Å². The fourth-order valence-electron chi connectivity index (χ4n) is 2.67. The summed E-state index contributed by atoms with van der Waals surface area (Å²) >= 11 is 0. The molecule has 2 amide bonds. The lowest BCUT2D eigenvalue weighted by Gasteiger charge is -2.29. The van der Waals surface area contributed by atoms with Gasteiger partial charge in [0, 0.05) is 18.4 Å². The smallest absolute Gasteiger partial charge is 0.265 e. The third-order valence-electron chi connectivity index (χ3n) is 3.96. The average Bonchev–Trinajstić information content (AvgIpc) is 2.89. The number of aromatic nitrogens is 1. The minimum absolute atomic E-state index is 0.0360. The number of amides is 2.